The number of methoxy groups -OCH3 is 1. The van der Waals surface area contributed by atoms with Crippen molar-refractivity contribution in [3.8, 4) is 0 Å². The molecule has 0 radical (unpaired) electrons. The Hall–Kier alpha value is -2.55. The second-order valence-electron chi connectivity index (χ2n) is 8.53. The third-order valence-corrected chi connectivity index (χ3v) is 4.37. The summed E-state index contributed by atoms with van der Waals surface area (Å²) in [5.41, 5.74) is -0.723. The average Bonchev–Trinajstić information content (AvgIpc) is 2.65. The molecule has 0 aromatic heterocycles. The monoisotopic (exact) mass is 459 g/mol. The van der Waals surface area contributed by atoms with Crippen molar-refractivity contribution < 1.29 is 37.0 Å². The number of nitrogens with one attached hydrogen (secondary N) is 1. The fourth-order valence-electron chi connectivity index (χ4n) is 2.94. The van der Waals surface area contributed by atoms with Crippen molar-refractivity contribution in [1.82, 2.24) is 5.32 Å². The molecule has 0 aliphatic rings. The minimum Gasteiger partial charge on any atom is -0.461 e. The standard InChI is InChI=1S/C23H32F3NO5/c1-7-16(13-17-8-10-18(11-9-17)23(24,25)26)12-15(2)31-20(28)19(14-30-6)27-21(29)32-22(3,4)5/h7-11,15-16,19H,1,12-14H2,2-6H3,(H,27,29)/t15-,16-,19-/m0/s1. The van der Waals surface area contributed by atoms with Gasteiger partial charge in [0, 0.05) is 7.11 Å². The minimum atomic E-state index is -4.38. The Morgan fingerprint density at radius 1 is 1.16 bits per heavy atom. The summed E-state index contributed by atoms with van der Waals surface area (Å²) in [6, 6.07) is 3.88. The summed E-state index contributed by atoms with van der Waals surface area (Å²) in [7, 11) is 1.39. The van der Waals surface area contributed by atoms with Crippen LogP contribution in [0.15, 0.2) is 36.9 Å². The van der Waals surface area contributed by atoms with Crippen molar-refractivity contribution in [3.05, 3.63) is 48.0 Å². The maximum absolute atomic E-state index is 12.7. The average molecular weight is 460 g/mol. The van der Waals surface area contributed by atoms with Gasteiger partial charge in [-0.05, 0) is 64.2 Å². The van der Waals surface area contributed by atoms with Crippen LogP contribution in [0.3, 0.4) is 0 Å². The van der Waals surface area contributed by atoms with Crippen molar-refractivity contribution in [2.24, 2.45) is 5.92 Å². The van der Waals surface area contributed by atoms with E-state index in [0.717, 1.165) is 12.1 Å². The highest BCUT2D eigenvalue weighted by Crippen LogP contribution is 2.29. The quantitative estimate of drug-likeness (QED) is 0.398. The van der Waals surface area contributed by atoms with Gasteiger partial charge < -0.3 is 19.5 Å². The molecular formula is C23H32F3NO5. The van der Waals surface area contributed by atoms with Gasteiger partial charge in [-0.2, -0.15) is 13.2 Å². The second-order valence-corrected chi connectivity index (χ2v) is 8.53. The Kier molecular flexibility index (Phi) is 10.2. The van der Waals surface area contributed by atoms with Gasteiger partial charge in [0.2, 0.25) is 0 Å². The number of rotatable bonds is 10. The van der Waals surface area contributed by atoms with Gasteiger partial charge in [-0.1, -0.05) is 18.2 Å². The normalized spacial score (nSPS) is 14.8. The van der Waals surface area contributed by atoms with Crippen molar-refractivity contribution >= 4 is 12.1 Å². The Bertz CT molecular complexity index is 756. The zero-order chi connectivity index (χ0) is 24.5. The van der Waals surface area contributed by atoms with Crippen LogP contribution in [0.5, 0.6) is 0 Å². The van der Waals surface area contributed by atoms with Crippen LogP contribution in [-0.2, 0) is 31.6 Å². The molecule has 32 heavy (non-hydrogen) atoms. The summed E-state index contributed by atoms with van der Waals surface area (Å²) >= 11 is 0. The molecule has 0 saturated heterocycles. The fourth-order valence-corrected chi connectivity index (χ4v) is 2.94. The summed E-state index contributed by atoms with van der Waals surface area (Å²) in [5, 5.41) is 2.43. The molecule has 6 nitrogen and oxygen atoms in total. The van der Waals surface area contributed by atoms with E-state index in [1.807, 2.05) is 0 Å². The van der Waals surface area contributed by atoms with E-state index in [1.54, 1.807) is 33.8 Å². The highest BCUT2D eigenvalue weighted by atomic mass is 19.4. The van der Waals surface area contributed by atoms with Gasteiger partial charge >= 0.3 is 18.2 Å². The van der Waals surface area contributed by atoms with E-state index in [0.29, 0.717) is 18.4 Å². The molecule has 1 N–H and O–H groups in total. The molecule has 9 heteroatoms. The first-order valence-electron chi connectivity index (χ1n) is 10.2. The number of benzene rings is 1. The largest absolute Gasteiger partial charge is 0.461 e. The SMILES string of the molecule is C=C[C@H](Cc1ccc(C(F)(F)F)cc1)C[C@H](C)OC(=O)[C@H](COC)NC(=O)OC(C)(C)C. The zero-order valence-corrected chi connectivity index (χ0v) is 19.1. The minimum absolute atomic E-state index is 0.0960. The number of hydrogen-bond donors (Lipinski definition) is 1. The summed E-state index contributed by atoms with van der Waals surface area (Å²) in [4.78, 5) is 24.5. The van der Waals surface area contributed by atoms with Gasteiger partial charge in [0.25, 0.3) is 0 Å². The molecular weight excluding hydrogens is 427 g/mol. The van der Waals surface area contributed by atoms with Crippen molar-refractivity contribution in [2.45, 2.75) is 64.5 Å². The lowest BCUT2D eigenvalue weighted by atomic mass is 9.93. The first kappa shape index (κ1) is 27.5. The lowest BCUT2D eigenvalue weighted by Crippen LogP contribution is -2.47. The molecule has 0 aliphatic heterocycles. The van der Waals surface area contributed by atoms with Crippen molar-refractivity contribution in [1.29, 1.82) is 0 Å². The number of esters is 1. The lowest BCUT2D eigenvalue weighted by molar-refractivity contribution is -0.152. The first-order valence-corrected chi connectivity index (χ1v) is 10.2. The molecule has 3 atom stereocenters. The molecule has 1 rings (SSSR count). The first-order chi connectivity index (χ1) is 14.7. The van der Waals surface area contributed by atoms with E-state index in [-0.39, 0.29) is 12.5 Å². The van der Waals surface area contributed by atoms with Crippen LogP contribution in [-0.4, -0.2) is 43.5 Å². The van der Waals surface area contributed by atoms with Crippen LogP contribution in [0.2, 0.25) is 0 Å². The Morgan fingerprint density at radius 3 is 2.22 bits per heavy atom. The molecule has 0 spiro atoms. The van der Waals surface area contributed by atoms with E-state index < -0.39 is 41.5 Å². The van der Waals surface area contributed by atoms with E-state index in [1.165, 1.54) is 19.2 Å². The summed E-state index contributed by atoms with van der Waals surface area (Å²) in [6.45, 7) is 10.5. The van der Waals surface area contributed by atoms with E-state index in [2.05, 4.69) is 11.9 Å². The maximum Gasteiger partial charge on any atom is 0.416 e. The summed E-state index contributed by atoms with van der Waals surface area (Å²) < 4.78 is 53.7. The van der Waals surface area contributed by atoms with Gasteiger partial charge in [0.15, 0.2) is 6.04 Å². The molecule has 1 aromatic carbocycles. The number of ether oxygens (including phenoxy) is 3. The van der Waals surface area contributed by atoms with Gasteiger partial charge in [-0.3, -0.25) is 0 Å². The molecule has 1 amide bonds. The van der Waals surface area contributed by atoms with E-state index >= 15 is 0 Å². The van der Waals surface area contributed by atoms with E-state index in [4.69, 9.17) is 14.2 Å². The number of amides is 1. The number of carbonyl (C=O) groups is 2. The van der Waals surface area contributed by atoms with Gasteiger partial charge in [-0.25, -0.2) is 9.59 Å². The molecule has 0 fully saturated rings. The van der Waals surface area contributed by atoms with E-state index in [9.17, 15) is 22.8 Å². The van der Waals surface area contributed by atoms with Crippen molar-refractivity contribution in [3.63, 3.8) is 0 Å². The fraction of sp³-hybridized carbons (Fsp3) is 0.565. The molecule has 0 bridgehead atoms. The van der Waals surface area contributed by atoms with Crippen LogP contribution in [0, 0.1) is 5.92 Å². The van der Waals surface area contributed by atoms with Crippen molar-refractivity contribution in [2.75, 3.05) is 13.7 Å². The van der Waals surface area contributed by atoms with Crippen LogP contribution in [0.4, 0.5) is 18.0 Å². The molecule has 0 unspecified atom stereocenters. The Morgan fingerprint density at radius 2 is 1.75 bits per heavy atom. The molecule has 0 heterocycles. The molecule has 0 saturated carbocycles. The van der Waals surface area contributed by atoms with Gasteiger partial charge in [-0.15, -0.1) is 6.58 Å². The van der Waals surface area contributed by atoms with Crippen LogP contribution >= 0.6 is 0 Å². The predicted octanol–water partition coefficient (Wildman–Crippen LogP) is 4.91. The number of allylic oxidation sites excluding steroid dienone is 1. The van der Waals surface area contributed by atoms with Gasteiger partial charge in [0.05, 0.1) is 18.3 Å². The Balaban J connectivity index is 2.67. The highest BCUT2D eigenvalue weighted by molar-refractivity contribution is 5.81. The second kappa shape index (κ2) is 11.9. The summed E-state index contributed by atoms with van der Waals surface area (Å²) in [5.74, 6) is -0.809. The number of carbonyl (C=O) groups excluding carboxylic acids is 2. The van der Waals surface area contributed by atoms with Crippen LogP contribution in [0.25, 0.3) is 0 Å². The topological polar surface area (TPSA) is 73.9 Å². The number of hydrogen-bond acceptors (Lipinski definition) is 5. The zero-order valence-electron chi connectivity index (χ0n) is 19.1. The maximum atomic E-state index is 12.7. The van der Waals surface area contributed by atoms with Crippen LogP contribution in [0.1, 0.15) is 45.2 Å². The number of alkyl carbamates (subject to hydrolysis) is 1. The smallest absolute Gasteiger partial charge is 0.416 e. The number of alkyl halides is 3. The van der Waals surface area contributed by atoms with Crippen LogP contribution < -0.4 is 5.32 Å². The summed E-state index contributed by atoms with van der Waals surface area (Å²) in [6.07, 6.45) is -3.15. The molecule has 1 aromatic rings. The van der Waals surface area contributed by atoms with Gasteiger partial charge in [0.1, 0.15) is 5.60 Å². The number of halogens is 3. The third kappa shape index (κ3) is 10.2. The Labute approximate surface area is 187 Å². The molecule has 180 valence electrons. The third-order valence-electron chi connectivity index (χ3n) is 4.37. The predicted molar refractivity (Wildman–Crippen MR) is 114 cm³/mol. The lowest BCUT2D eigenvalue weighted by Gasteiger charge is -2.24. The highest BCUT2D eigenvalue weighted by Gasteiger charge is 2.30. The molecule has 0 aliphatic carbocycles.